The second-order valence-electron chi connectivity index (χ2n) is 7.75. The highest BCUT2D eigenvalue weighted by Gasteiger charge is 2.31. The Morgan fingerprint density at radius 3 is 2.67 bits per heavy atom. The Balaban J connectivity index is 1.50. The van der Waals surface area contributed by atoms with Crippen molar-refractivity contribution < 1.29 is 22.4 Å². The van der Waals surface area contributed by atoms with E-state index >= 15 is 0 Å². The Morgan fingerprint density at radius 1 is 1.27 bits per heavy atom. The maximum Gasteiger partial charge on any atom is 0.251 e. The van der Waals surface area contributed by atoms with Gasteiger partial charge in [-0.05, 0) is 69.1 Å². The number of ether oxygens (including phenoxy) is 1. The fourth-order valence-corrected chi connectivity index (χ4v) is 5.25. The minimum Gasteiger partial charge on any atom is -0.495 e. The zero-order valence-electron chi connectivity index (χ0n) is 17.0. The smallest absolute Gasteiger partial charge is 0.251 e. The Bertz CT molecular complexity index is 980. The SMILES string of the molecule is COc1ccc(C(=O)NC[C@@H](c2ccco2)N2CCCC2)cc1S(=O)(=O)NC1CC1. The lowest BCUT2D eigenvalue weighted by Gasteiger charge is -2.26. The zero-order valence-corrected chi connectivity index (χ0v) is 17.8. The molecule has 30 heavy (non-hydrogen) atoms. The van der Waals surface area contributed by atoms with E-state index in [1.54, 1.807) is 12.3 Å². The van der Waals surface area contributed by atoms with Crippen molar-refractivity contribution in [2.24, 2.45) is 0 Å². The Morgan fingerprint density at radius 2 is 2.03 bits per heavy atom. The van der Waals surface area contributed by atoms with Gasteiger partial charge < -0.3 is 14.5 Å². The first kappa shape index (κ1) is 20.9. The van der Waals surface area contributed by atoms with Crippen molar-refractivity contribution in [2.75, 3.05) is 26.7 Å². The Labute approximate surface area is 176 Å². The van der Waals surface area contributed by atoms with Crippen LogP contribution >= 0.6 is 0 Å². The average Bonchev–Trinajstić information content (AvgIpc) is 3.18. The summed E-state index contributed by atoms with van der Waals surface area (Å²) in [5.41, 5.74) is 0.270. The largest absolute Gasteiger partial charge is 0.495 e. The molecular formula is C21H27N3O5S. The molecule has 2 aliphatic rings. The molecule has 1 amide bonds. The second kappa shape index (κ2) is 8.79. The van der Waals surface area contributed by atoms with Gasteiger partial charge in [0.15, 0.2) is 0 Å². The molecule has 1 aliphatic heterocycles. The van der Waals surface area contributed by atoms with Crippen LogP contribution in [0, 0.1) is 0 Å². The van der Waals surface area contributed by atoms with E-state index in [0.29, 0.717) is 6.54 Å². The van der Waals surface area contributed by atoms with Crippen molar-refractivity contribution in [1.29, 1.82) is 0 Å². The first-order valence-corrected chi connectivity index (χ1v) is 11.7. The van der Waals surface area contributed by atoms with Gasteiger partial charge in [0.2, 0.25) is 10.0 Å². The third-order valence-corrected chi connectivity index (χ3v) is 7.07. The average molecular weight is 434 g/mol. The van der Waals surface area contributed by atoms with Crippen LogP contribution in [0.5, 0.6) is 5.75 Å². The normalized spacial score (nSPS) is 18.3. The van der Waals surface area contributed by atoms with Crippen LogP contribution in [0.1, 0.15) is 47.8 Å². The molecule has 1 atom stereocenters. The first-order valence-electron chi connectivity index (χ1n) is 10.2. The van der Waals surface area contributed by atoms with E-state index in [1.807, 2.05) is 12.1 Å². The summed E-state index contributed by atoms with van der Waals surface area (Å²) in [4.78, 5) is 15.1. The van der Waals surface area contributed by atoms with Crippen molar-refractivity contribution in [3.8, 4) is 5.75 Å². The molecule has 1 aromatic carbocycles. The molecule has 0 unspecified atom stereocenters. The zero-order chi connectivity index (χ0) is 21.1. The number of methoxy groups -OCH3 is 1. The lowest BCUT2D eigenvalue weighted by atomic mass is 10.1. The third kappa shape index (κ3) is 4.69. The topological polar surface area (TPSA) is 101 Å². The van der Waals surface area contributed by atoms with Crippen molar-refractivity contribution in [1.82, 2.24) is 14.9 Å². The number of furan rings is 1. The highest BCUT2D eigenvalue weighted by molar-refractivity contribution is 7.89. The van der Waals surface area contributed by atoms with Gasteiger partial charge in [0.05, 0.1) is 19.4 Å². The van der Waals surface area contributed by atoms with Crippen LogP contribution in [0.4, 0.5) is 0 Å². The van der Waals surface area contributed by atoms with E-state index in [4.69, 9.17) is 9.15 Å². The number of carbonyl (C=O) groups is 1. The number of rotatable bonds is 9. The summed E-state index contributed by atoms with van der Waals surface area (Å²) < 4.78 is 38.8. The van der Waals surface area contributed by atoms with Crippen molar-refractivity contribution >= 4 is 15.9 Å². The number of likely N-dealkylation sites (tertiary alicyclic amines) is 1. The maximum atomic E-state index is 12.8. The molecule has 1 aliphatic carbocycles. The monoisotopic (exact) mass is 433 g/mol. The van der Waals surface area contributed by atoms with Crippen LogP contribution in [0.15, 0.2) is 45.9 Å². The number of hydrogen-bond donors (Lipinski definition) is 2. The summed E-state index contributed by atoms with van der Waals surface area (Å²) in [5.74, 6) is 0.685. The third-order valence-electron chi connectivity index (χ3n) is 5.52. The van der Waals surface area contributed by atoms with Crippen molar-refractivity contribution in [3.63, 3.8) is 0 Å². The summed E-state index contributed by atoms with van der Waals surface area (Å²) in [7, 11) is -2.34. The predicted octanol–water partition coefficient (Wildman–Crippen LogP) is 2.30. The summed E-state index contributed by atoms with van der Waals surface area (Å²) in [5, 5.41) is 2.94. The van der Waals surface area contributed by atoms with E-state index in [0.717, 1.165) is 44.5 Å². The summed E-state index contributed by atoms with van der Waals surface area (Å²) in [6, 6.07) is 8.13. The molecule has 2 aromatic rings. The summed E-state index contributed by atoms with van der Waals surface area (Å²) >= 11 is 0. The van der Waals surface area contributed by atoms with Crippen molar-refractivity contribution in [3.05, 3.63) is 47.9 Å². The molecule has 8 nitrogen and oxygen atoms in total. The number of nitrogens with one attached hydrogen (secondary N) is 2. The Hall–Kier alpha value is -2.36. The van der Waals surface area contributed by atoms with E-state index in [9.17, 15) is 13.2 Å². The number of hydrogen-bond acceptors (Lipinski definition) is 6. The molecule has 2 N–H and O–H groups in total. The van der Waals surface area contributed by atoms with E-state index < -0.39 is 10.0 Å². The van der Waals surface area contributed by atoms with Gasteiger partial charge >= 0.3 is 0 Å². The number of sulfonamides is 1. The molecule has 0 bridgehead atoms. The van der Waals surface area contributed by atoms with Crippen LogP contribution in [-0.2, 0) is 10.0 Å². The molecule has 4 rings (SSSR count). The van der Waals surface area contributed by atoms with Gasteiger partial charge in [0.1, 0.15) is 16.4 Å². The fraction of sp³-hybridized carbons (Fsp3) is 0.476. The highest BCUT2D eigenvalue weighted by Crippen LogP contribution is 2.29. The quantitative estimate of drug-likeness (QED) is 0.629. The molecule has 0 spiro atoms. The highest BCUT2D eigenvalue weighted by atomic mass is 32.2. The predicted molar refractivity (Wildman–Crippen MR) is 111 cm³/mol. The molecular weight excluding hydrogens is 406 g/mol. The first-order chi connectivity index (χ1) is 14.5. The standard InChI is InChI=1S/C21H27N3O5S/c1-28-19-9-6-15(13-20(19)30(26,27)23-16-7-8-16)21(25)22-14-17(18-5-4-12-29-18)24-10-2-3-11-24/h4-6,9,12-13,16-17,23H,2-3,7-8,10-11,14H2,1H3,(H,22,25)/t17-/m0/s1. The van der Waals surface area contributed by atoms with Gasteiger partial charge in [0, 0.05) is 18.2 Å². The second-order valence-corrected chi connectivity index (χ2v) is 9.43. The van der Waals surface area contributed by atoms with E-state index in [1.165, 1.54) is 19.2 Å². The lowest BCUT2D eigenvalue weighted by molar-refractivity contribution is 0.0933. The summed E-state index contributed by atoms with van der Waals surface area (Å²) in [6.45, 7) is 2.29. The molecule has 2 fully saturated rings. The molecule has 2 heterocycles. The van der Waals surface area contributed by atoms with Gasteiger partial charge in [-0.3, -0.25) is 9.69 Å². The van der Waals surface area contributed by atoms with Crippen LogP contribution in [-0.4, -0.2) is 52.0 Å². The molecule has 1 saturated carbocycles. The Kier molecular flexibility index (Phi) is 6.12. The van der Waals surface area contributed by atoms with E-state index in [2.05, 4.69) is 14.9 Å². The number of benzene rings is 1. The fourth-order valence-electron chi connectivity index (χ4n) is 3.75. The minimum atomic E-state index is -3.75. The minimum absolute atomic E-state index is 0.0216. The van der Waals surface area contributed by atoms with Crippen LogP contribution in [0.3, 0.4) is 0 Å². The lowest BCUT2D eigenvalue weighted by Crippen LogP contribution is -2.36. The number of nitrogens with zero attached hydrogens (tertiary/aromatic N) is 1. The van der Waals surface area contributed by atoms with Gasteiger partial charge in [-0.2, -0.15) is 0 Å². The van der Waals surface area contributed by atoms with Crippen molar-refractivity contribution in [2.45, 2.75) is 42.7 Å². The summed E-state index contributed by atoms with van der Waals surface area (Å²) in [6.07, 6.45) is 5.53. The molecule has 162 valence electrons. The molecule has 1 aromatic heterocycles. The van der Waals surface area contributed by atoms with Gasteiger partial charge in [-0.1, -0.05) is 0 Å². The molecule has 0 radical (unpaired) electrons. The number of carbonyl (C=O) groups excluding carboxylic acids is 1. The van der Waals surface area contributed by atoms with Gasteiger partial charge in [-0.15, -0.1) is 0 Å². The molecule has 9 heteroatoms. The van der Waals surface area contributed by atoms with E-state index in [-0.39, 0.29) is 34.2 Å². The number of amides is 1. The van der Waals surface area contributed by atoms with Gasteiger partial charge in [-0.25, -0.2) is 13.1 Å². The van der Waals surface area contributed by atoms with Gasteiger partial charge in [0.25, 0.3) is 5.91 Å². The van der Waals surface area contributed by atoms with Crippen LogP contribution in [0.2, 0.25) is 0 Å². The maximum absolute atomic E-state index is 12.8. The van der Waals surface area contributed by atoms with Crippen LogP contribution in [0.25, 0.3) is 0 Å². The van der Waals surface area contributed by atoms with Crippen LogP contribution < -0.4 is 14.8 Å². The molecule has 1 saturated heterocycles.